The minimum atomic E-state index is 0.189. The van der Waals surface area contributed by atoms with E-state index in [2.05, 4.69) is 26.2 Å². The van der Waals surface area contributed by atoms with Crippen molar-refractivity contribution >= 4 is 33.2 Å². The van der Waals surface area contributed by atoms with E-state index >= 15 is 0 Å². The van der Waals surface area contributed by atoms with Gasteiger partial charge in [0.05, 0.1) is 5.69 Å². The van der Waals surface area contributed by atoms with Crippen LogP contribution >= 0.6 is 27.5 Å². The van der Waals surface area contributed by atoms with E-state index in [0.717, 1.165) is 10.2 Å². The Balaban J connectivity index is 2.81. The fourth-order valence-electron chi connectivity index (χ4n) is 0.848. The number of anilines is 1. The third-order valence-electron chi connectivity index (χ3n) is 1.56. The predicted molar refractivity (Wildman–Crippen MR) is 59.1 cm³/mol. The van der Waals surface area contributed by atoms with Gasteiger partial charge in [0, 0.05) is 23.3 Å². The van der Waals surface area contributed by atoms with Crippen LogP contribution in [0.3, 0.4) is 0 Å². The molecule has 0 bridgehead atoms. The Morgan fingerprint density at radius 1 is 1.77 bits per heavy atom. The minimum Gasteiger partial charge on any atom is -0.379 e. The molecule has 13 heavy (non-hydrogen) atoms. The first kappa shape index (κ1) is 10.8. The number of hydrogen-bond acceptors (Lipinski definition) is 3. The summed E-state index contributed by atoms with van der Waals surface area (Å²) in [6, 6.07) is 2.06. The number of halogens is 2. The molecule has 0 aliphatic heterocycles. The zero-order valence-electron chi connectivity index (χ0n) is 7.22. The van der Waals surface area contributed by atoms with Crippen molar-refractivity contribution in [1.82, 2.24) is 4.98 Å². The van der Waals surface area contributed by atoms with Crippen molar-refractivity contribution in [1.29, 1.82) is 0 Å². The van der Waals surface area contributed by atoms with Crippen LogP contribution in [0.1, 0.15) is 6.92 Å². The van der Waals surface area contributed by atoms with Gasteiger partial charge in [0.1, 0.15) is 0 Å². The van der Waals surface area contributed by atoms with Crippen LogP contribution in [0.25, 0.3) is 0 Å². The van der Waals surface area contributed by atoms with Gasteiger partial charge in [-0.2, -0.15) is 0 Å². The number of hydrogen-bond donors (Lipinski definition) is 2. The van der Waals surface area contributed by atoms with Crippen LogP contribution in [-0.2, 0) is 0 Å². The lowest BCUT2D eigenvalue weighted by Crippen LogP contribution is -2.25. The molecule has 72 valence electrons. The molecule has 1 atom stereocenters. The Morgan fingerprint density at radius 2 is 2.46 bits per heavy atom. The van der Waals surface area contributed by atoms with Gasteiger partial charge < -0.3 is 11.1 Å². The number of nitrogens with one attached hydrogen (secondary N) is 1. The Kier molecular flexibility index (Phi) is 3.96. The molecule has 0 saturated heterocycles. The summed E-state index contributed by atoms with van der Waals surface area (Å²) in [6.07, 6.45) is 1.65. The highest BCUT2D eigenvalue weighted by Gasteiger charge is 2.04. The minimum absolute atomic E-state index is 0.189. The molecular weight excluding hydrogens is 253 g/mol. The van der Waals surface area contributed by atoms with Crippen molar-refractivity contribution in [3.63, 3.8) is 0 Å². The molecule has 0 radical (unpaired) electrons. The number of nitrogens with zero attached hydrogens (tertiary/aromatic N) is 1. The topological polar surface area (TPSA) is 50.9 Å². The number of pyridine rings is 1. The lowest BCUT2D eigenvalue weighted by molar-refractivity contribution is 0.803. The molecule has 0 aromatic carbocycles. The number of nitrogens with two attached hydrogens (primary N) is 1. The normalized spacial score (nSPS) is 12.6. The first-order valence-corrected chi connectivity index (χ1v) is 5.08. The summed E-state index contributed by atoms with van der Waals surface area (Å²) in [4.78, 5) is 3.98. The summed E-state index contributed by atoms with van der Waals surface area (Å²) in [5.74, 6) is 0. The zero-order chi connectivity index (χ0) is 9.84. The number of rotatable bonds is 3. The Hall–Kier alpha value is -0.320. The highest BCUT2D eigenvalue weighted by Crippen LogP contribution is 2.23. The van der Waals surface area contributed by atoms with Crippen molar-refractivity contribution < 1.29 is 0 Å². The summed E-state index contributed by atoms with van der Waals surface area (Å²) in [6.45, 7) is 2.54. The third-order valence-corrected chi connectivity index (χ3v) is 2.30. The Bertz CT molecular complexity index is 293. The zero-order valence-corrected chi connectivity index (χ0v) is 9.56. The molecule has 3 N–H and O–H groups in total. The average Bonchev–Trinajstić information content (AvgIpc) is 2.11. The van der Waals surface area contributed by atoms with Crippen molar-refractivity contribution in [3.05, 3.63) is 21.9 Å². The molecule has 1 rings (SSSR count). The molecule has 0 fully saturated rings. The third kappa shape index (κ3) is 3.14. The Labute approximate surface area is 90.8 Å². The average molecular weight is 265 g/mol. The van der Waals surface area contributed by atoms with Crippen molar-refractivity contribution in [3.8, 4) is 0 Å². The largest absolute Gasteiger partial charge is 0.379 e. The lowest BCUT2D eigenvalue weighted by Gasteiger charge is -2.13. The second-order valence-corrected chi connectivity index (χ2v) is 4.05. The van der Waals surface area contributed by atoms with Crippen LogP contribution in [0.2, 0.25) is 5.15 Å². The summed E-state index contributed by atoms with van der Waals surface area (Å²) in [5.41, 5.74) is 6.27. The fraction of sp³-hybridized carbons (Fsp3) is 0.375. The van der Waals surface area contributed by atoms with E-state index in [4.69, 9.17) is 17.3 Å². The molecule has 1 heterocycles. The predicted octanol–water partition coefficient (Wildman–Crippen LogP) is 2.26. The van der Waals surface area contributed by atoms with Crippen molar-refractivity contribution in [2.75, 3.05) is 11.9 Å². The lowest BCUT2D eigenvalue weighted by atomic mass is 10.3. The first-order chi connectivity index (χ1) is 6.13. The van der Waals surface area contributed by atoms with E-state index < -0.39 is 0 Å². The molecule has 0 aliphatic carbocycles. The first-order valence-electron chi connectivity index (χ1n) is 3.91. The molecule has 0 saturated carbocycles. The molecule has 1 unspecified atom stereocenters. The van der Waals surface area contributed by atoms with Crippen LogP contribution in [0, 0.1) is 0 Å². The van der Waals surface area contributed by atoms with E-state index in [-0.39, 0.29) is 6.04 Å². The van der Waals surface area contributed by atoms with E-state index in [9.17, 15) is 0 Å². The molecule has 1 aromatic heterocycles. The van der Waals surface area contributed by atoms with Crippen molar-refractivity contribution in [2.24, 2.45) is 5.73 Å². The molecule has 5 heteroatoms. The molecule has 0 amide bonds. The van der Waals surface area contributed by atoms with Gasteiger partial charge in [-0.3, -0.25) is 0 Å². The summed E-state index contributed by atoms with van der Waals surface area (Å²) in [5, 5.41) is 3.61. The van der Waals surface area contributed by atoms with Gasteiger partial charge in [0.25, 0.3) is 0 Å². The highest BCUT2D eigenvalue weighted by molar-refractivity contribution is 9.10. The van der Waals surface area contributed by atoms with Gasteiger partial charge >= 0.3 is 0 Å². The van der Waals surface area contributed by atoms with Gasteiger partial charge in [-0.1, -0.05) is 11.6 Å². The molecule has 0 spiro atoms. The Morgan fingerprint density at radius 3 is 3.08 bits per heavy atom. The van der Waals surface area contributed by atoms with Gasteiger partial charge in [-0.15, -0.1) is 0 Å². The summed E-state index contributed by atoms with van der Waals surface area (Å²) in [7, 11) is 0. The summed E-state index contributed by atoms with van der Waals surface area (Å²) >= 11 is 9.18. The van der Waals surface area contributed by atoms with E-state index in [1.54, 1.807) is 6.20 Å². The number of aromatic nitrogens is 1. The van der Waals surface area contributed by atoms with E-state index in [0.29, 0.717) is 11.7 Å². The van der Waals surface area contributed by atoms with E-state index in [1.165, 1.54) is 0 Å². The quantitative estimate of drug-likeness (QED) is 0.824. The molecule has 0 aliphatic rings. The fourth-order valence-corrected chi connectivity index (χ4v) is 1.34. The van der Waals surface area contributed by atoms with Crippen LogP contribution in [0.5, 0.6) is 0 Å². The molecular formula is C8H11BrClN3. The maximum Gasteiger partial charge on any atom is 0.152 e. The summed E-state index contributed by atoms with van der Waals surface area (Å²) < 4.78 is 0.892. The monoisotopic (exact) mass is 263 g/mol. The van der Waals surface area contributed by atoms with Crippen molar-refractivity contribution in [2.45, 2.75) is 13.0 Å². The van der Waals surface area contributed by atoms with Gasteiger partial charge in [0.2, 0.25) is 0 Å². The second kappa shape index (κ2) is 4.79. The van der Waals surface area contributed by atoms with Gasteiger partial charge in [0.15, 0.2) is 5.15 Å². The smallest absolute Gasteiger partial charge is 0.152 e. The molecule has 3 nitrogen and oxygen atoms in total. The van der Waals surface area contributed by atoms with Crippen LogP contribution in [-0.4, -0.2) is 17.6 Å². The maximum atomic E-state index is 5.86. The molecule has 1 aromatic rings. The second-order valence-electron chi connectivity index (χ2n) is 2.77. The SMILES string of the molecule is CC(CN)Nc1cc(Br)cnc1Cl. The maximum absolute atomic E-state index is 5.86. The van der Waals surface area contributed by atoms with Crippen LogP contribution in [0.4, 0.5) is 5.69 Å². The van der Waals surface area contributed by atoms with Crippen LogP contribution in [0.15, 0.2) is 16.7 Å². The van der Waals surface area contributed by atoms with Crippen LogP contribution < -0.4 is 11.1 Å². The highest BCUT2D eigenvalue weighted by atomic mass is 79.9. The van der Waals surface area contributed by atoms with Gasteiger partial charge in [-0.05, 0) is 28.9 Å². The van der Waals surface area contributed by atoms with Gasteiger partial charge in [-0.25, -0.2) is 4.98 Å². The van der Waals surface area contributed by atoms with E-state index in [1.807, 2.05) is 13.0 Å². The standard InChI is InChI=1S/C8H11BrClN3/c1-5(3-11)13-7-2-6(9)4-12-8(7)10/h2,4-5,13H,3,11H2,1H3.